The molecule has 1 rings (SSSR count). The Balaban J connectivity index is 2.50. The van der Waals surface area contributed by atoms with Crippen LogP contribution in [0.1, 0.15) is 5.56 Å². The summed E-state index contributed by atoms with van der Waals surface area (Å²) in [6.45, 7) is 0.254. The Morgan fingerprint density at radius 3 is 2.36 bits per heavy atom. The van der Waals surface area contributed by atoms with Crippen LogP contribution >= 0.6 is 0 Å². The highest BCUT2D eigenvalue weighted by Crippen LogP contribution is 2.03. The van der Waals surface area contributed by atoms with E-state index in [0.29, 0.717) is 0 Å². The van der Waals surface area contributed by atoms with Crippen LogP contribution < -0.4 is 0 Å². The van der Waals surface area contributed by atoms with Crippen molar-refractivity contribution in [3.05, 3.63) is 35.9 Å². The van der Waals surface area contributed by atoms with E-state index in [9.17, 15) is 8.42 Å². The minimum absolute atomic E-state index is 0.254. The maximum atomic E-state index is 11.0. The molecule has 0 unspecified atom stereocenters. The van der Waals surface area contributed by atoms with Crippen LogP contribution in [-0.2, 0) is 21.5 Å². The normalized spacial score (nSPS) is 11.9. The van der Waals surface area contributed by atoms with Crippen LogP contribution in [0.25, 0.3) is 0 Å². The van der Waals surface area contributed by atoms with E-state index in [-0.39, 0.29) is 6.61 Å². The van der Waals surface area contributed by atoms with Gasteiger partial charge in [0.15, 0.2) is 0 Å². The summed E-state index contributed by atoms with van der Waals surface area (Å²) in [5.74, 6) is 0. The highest BCUT2D eigenvalue weighted by Gasteiger charge is 2.10. The SMILES string of the molecule is CN(OCc1ccccc1)S(C)(=O)=O. The van der Waals surface area contributed by atoms with Crippen molar-refractivity contribution in [3.8, 4) is 0 Å². The zero-order chi connectivity index (χ0) is 10.6. The van der Waals surface area contributed by atoms with Crippen LogP contribution in [0.15, 0.2) is 30.3 Å². The highest BCUT2D eigenvalue weighted by atomic mass is 32.2. The van der Waals surface area contributed by atoms with Crippen molar-refractivity contribution in [1.82, 2.24) is 4.47 Å². The van der Waals surface area contributed by atoms with E-state index in [1.165, 1.54) is 7.05 Å². The van der Waals surface area contributed by atoms with Gasteiger partial charge in [0.2, 0.25) is 10.0 Å². The average Bonchev–Trinajstić information content (AvgIpc) is 2.14. The Bertz CT molecular complexity index is 374. The Hall–Kier alpha value is -0.910. The summed E-state index contributed by atoms with van der Waals surface area (Å²) in [7, 11) is -1.89. The smallest absolute Gasteiger partial charge is 0.232 e. The van der Waals surface area contributed by atoms with Gasteiger partial charge in [0.25, 0.3) is 0 Å². The van der Waals surface area contributed by atoms with Crippen LogP contribution in [0.3, 0.4) is 0 Å². The van der Waals surface area contributed by atoms with Crippen LogP contribution in [0.2, 0.25) is 0 Å². The topological polar surface area (TPSA) is 46.6 Å². The summed E-state index contributed by atoms with van der Waals surface area (Å²) < 4.78 is 22.8. The van der Waals surface area contributed by atoms with E-state index in [2.05, 4.69) is 0 Å². The molecule has 0 amide bonds. The predicted molar refractivity (Wildman–Crippen MR) is 53.8 cm³/mol. The maximum Gasteiger partial charge on any atom is 0.232 e. The molecule has 0 spiro atoms. The lowest BCUT2D eigenvalue weighted by atomic mass is 10.2. The van der Waals surface area contributed by atoms with E-state index in [4.69, 9.17) is 4.84 Å². The summed E-state index contributed by atoms with van der Waals surface area (Å²) in [4.78, 5) is 5.04. The molecule has 0 saturated heterocycles. The van der Waals surface area contributed by atoms with Crippen LogP contribution in [0, 0.1) is 0 Å². The summed E-state index contributed by atoms with van der Waals surface area (Å²) >= 11 is 0. The van der Waals surface area contributed by atoms with Crippen LogP contribution in [0.4, 0.5) is 0 Å². The lowest BCUT2D eigenvalue weighted by Crippen LogP contribution is -2.25. The molecule has 5 heteroatoms. The molecule has 4 nitrogen and oxygen atoms in total. The molecule has 78 valence electrons. The monoisotopic (exact) mass is 215 g/mol. The van der Waals surface area contributed by atoms with Gasteiger partial charge in [-0.05, 0) is 5.56 Å². The fraction of sp³-hybridized carbons (Fsp3) is 0.333. The Kier molecular flexibility index (Phi) is 3.62. The van der Waals surface area contributed by atoms with Gasteiger partial charge >= 0.3 is 0 Å². The highest BCUT2D eigenvalue weighted by molar-refractivity contribution is 7.88. The van der Waals surface area contributed by atoms with Gasteiger partial charge in [-0.25, -0.2) is 8.42 Å². The van der Waals surface area contributed by atoms with Crippen molar-refractivity contribution in [1.29, 1.82) is 0 Å². The number of hydrogen-bond donors (Lipinski definition) is 0. The number of benzene rings is 1. The van der Waals surface area contributed by atoms with Crippen molar-refractivity contribution < 1.29 is 13.3 Å². The first kappa shape index (κ1) is 11.2. The Labute approximate surface area is 84.1 Å². The van der Waals surface area contributed by atoms with Gasteiger partial charge in [-0.2, -0.15) is 0 Å². The summed E-state index contributed by atoms with van der Waals surface area (Å²) in [5, 5.41) is 0. The second kappa shape index (κ2) is 4.54. The third kappa shape index (κ3) is 3.45. The molecule has 1 aromatic rings. The maximum absolute atomic E-state index is 11.0. The molecule has 0 bridgehead atoms. The summed E-state index contributed by atoms with van der Waals surface area (Å²) in [6.07, 6.45) is 1.10. The zero-order valence-electron chi connectivity index (χ0n) is 8.17. The van der Waals surface area contributed by atoms with Crippen molar-refractivity contribution in [2.45, 2.75) is 6.61 Å². The molecule has 0 aliphatic rings. The molecule has 0 saturated carbocycles. The molecular formula is C9H13NO3S. The first-order valence-corrected chi connectivity index (χ1v) is 5.96. The van der Waals surface area contributed by atoms with Crippen molar-refractivity contribution in [2.24, 2.45) is 0 Å². The van der Waals surface area contributed by atoms with E-state index in [1.807, 2.05) is 30.3 Å². The Morgan fingerprint density at radius 1 is 1.29 bits per heavy atom. The predicted octanol–water partition coefficient (Wildman–Crippen LogP) is 1.01. The van der Waals surface area contributed by atoms with E-state index >= 15 is 0 Å². The van der Waals surface area contributed by atoms with Crippen molar-refractivity contribution in [3.63, 3.8) is 0 Å². The van der Waals surface area contributed by atoms with E-state index in [1.54, 1.807) is 0 Å². The van der Waals surface area contributed by atoms with Gasteiger partial charge in [0.05, 0.1) is 12.9 Å². The molecule has 0 aromatic heterocycles. The first-order chi connectivity index (χ1) is 6.50. The standard InChI is InChI=1S/C9H13NO3S/c1-10(14(2,11)12)13-8-9-6-4-3-5-7-9/h3-7H,8H2,1-2H3. The molecule has 0 fully saturated rings. The number of rotatable bonds is 4. The lowest BCUT2D eigenvalue weighted by Gasteiger charge is -2.13. The third-order valence-electron chi connectivity index (χ3n) is 1.72. The van der Waals surface area contributed by atoms with Crippen molar-refractivity contribution in [2.75, 3.05) is 13.3 Å². The largest absolute Gasteiger partial charge is 0.280 e. The molecule has 14 heavy (non-hydrogen) atoms. The minimum Gasteiger partial charge on any atom is -0.280 e. The average molecular weight is 215 g/mol. The van der Waals surface area contributed by atoms with Gasteiger partial charge in [-0.15, -0.1) is 0 Å². The Morgan fingerprint density at radius 2 is 1.86 bits per heavy atom. The molecule has 0 heterocycles. The molecule has 1 aromatic carbocycles. The molecular weight excluding hydrogens is 202 g/mol. The second-order valence-corrected chi connectivity index (χ2v) is 4.91. The molecule has 0 atom stereocenters. The van der Waals surface area contributed by atoms with E-state index in [0.717, 1.165) is 16.3 Å². The van der Waals surface area contributed by atoms with Crippen LogP contribution in [0.5, 0.6) is 0 Å². The zero-order valence-corrected chi connectivity index (χ0v) is 8.99. The minimum atomic E-state index is -3.26. The van der Waals surface area contributed by atoms with Crippen molar-refractivity contribution >= 4 is 10.0 Å². The quantitative estimate of drug-likeness (QED) is 0.704. The number of hydrogen-bond acceptors (Lipinski definition) is 3. The van der Waals surface area contributed by atoms with Gasteiger partial charge in [0.1, 0.15) is 0 Å². The fourth-order valence-corrected chi connectivity index (χ4v) is 1.08. The molecule has 0 N–H and O–H groups in total. The van der Waals surface area contributed by atoms with E-state index < -0.39 is 10.0 Å². The first-order valence-electron chi connectivity index (χ1n) is 4.11. The third-order valence-corrected chi connectivity index (χ3v) is 2.76. The number of nitrogens with zero attached hydrogens (tertiary/aromatic N) is 1. The summed E-state index contributed by atoms with van der Waals surface area (Å²) in [5.41, 5.74) is 0.933. The second-order valence-electron chi connectivity index (χ2n) is 2.93. The molecule has 0 aliphatic carbocycles. The number of sulfonamides is 1. The van der Waals surface area contributed by atoms with Gasteiger partial charge < -0.3 is 0 Å². The van der Waals surface area contributed by atoms with Gasteiger partial charge in [-0.3, -0.25) is 4.84 Å². The fourth-order valence-electron chi connectivity index (χ4n) is 0.835. The van der Waals surface area contributed by atoms with Gasteiger partial charge in [0, 0.05) is 7.05 Å². The van der Waals surface area contributed by atoms with Crippen LogP contribution in [-0.4, -0.2) is 26.2 Å². The molecule has 0 radical (unpaired) electrons. The summed E-state index contributed by atoms with van der Waals surface area (Å²) in [6, 6.07) is 9.38. The number of hydroxylamine groups is 1. The molecule has 0 aliphatic heterocycles. The van der Waals surface area contributed by atoms with Gasteiger partial charge in [-0.1, -0.05) is 34.8 Å². The lowest BCUT2D eigenvalue weighted by molar-refractivity contribution is -0.0764.